The number of amides is 1. The van der Waals surface area contributed by atoms with Crippen molar-refractivity contribution >= 4 is 27.5 Å². The summed E-state index contributed by atoms with van der Waals surface area (Å²) in [6.07, 6.45) is 0. The normalized spacial score (nSPS) is 10.2. The van der Waals surface area contributed by atoms with E-state index in [1.54, 1.807) is 18.2 Å². The predicted octanol–water partition coefficient (Wildman–Crippen LogP) is 2.89. The molecule has 2 aromatic carbocycles. The molecule has 0 aliphatic heterocycles. The molecule has 98 valence electrons. The van der Waals surface area contributed by atoms with Crippen molar-refractivity contribution < 1.29 is 9.63 Å². The lowest BCUT2D eigenvalue weighted by molar-refractivity contribution is 0.0233. The van der Waals surface area contributed by atoms with Crippen LogP contribution in [-0.4, -0.2) is 5.91 Å². The van der Waals surface area contributed by atoms with Gasteiger partial charge in [-0.25, -0.2) is 5.48 Å². The average Bonchev–Trinajstić information content (AvgIpc) is 2.42. The van der Waals surface area contributed by atoms with Crippen molar-refractivity contribution in [2.24, 2.45) is 0 Å². The first-order chi connectivity index (χ1) is 9.16. The summed E-state index contributed by atoms with van der Waals surface area (Å²) in [6.45, 7) is 0.312. The number of benzene rings is 2. The number of rotatable bonds is 4. The lowest BCUT2D eigenvalue weighted by Gasteiger charge is -2.08. The molecular formula is C14H13BrN2O2. The van der Waals surface area contributed by atoms with E-state index in [0.717, 1.165) is 5.56 Å². The van der Waals surface area contributed by atoms with Crippen molar-refractivity contribution in [3.63, 3.8) is 0 Å². The van der Waals surface area contributed by atoms with Crippen molar-refractivity contribution in [2.75, 3.05) is 5.73 Å². The highest BCUT2D eigenvalue weighted by molar-refractivity contribution is 9.10. The van der Waals surface area contributed by atoms with Crippen LogP contribution in [0.15, 0.2) is 53.0 Å². The maximum absolute atomic E-state index is 11.9. The molecule has 3 N–H and O–H groups in total. The second kappa shape index (κ2) is 6.36. The second-order valence-corrected chi connectivity index (χ2v) is 4.80. The SMILES string of the molecule is Nc1ccc(Br)c(C(=O)NOCc2ccccc2)c1. The summed E-state index contributed by atoms with van der Waals surface area (Å²) in [5.41, 5.74) is 9.98. The number of nitrogen functional groups attached to an aromatic ring is 1. The molecule has 0 spiro atoms. The molecule has 19 heavy (non-hydrogen) atoms. The van der Waals surface area contributed by atoms with E-state index < -0.39 is 0 Å². The minimum Gasteiger partial charge on any atom is -0.399 e. The Morgan fingerprint density at radius 1 is 1.21 bits per heavy atom. The molecule has 0 bridgehead atoms. The third-order valence-corrected chi connectivity index (χ3v) is 3.17. The highest BCUT2D eigenvalue weighted by Crippen LogP contribution is 2.19. The van der Waals surface area contributed by atoms with Gasteiger partial charge in [0, 0.05) is 10.2 Å². The first kappa shape index (κ1) is 13.6. The highest BCUT2D eigenvalue weighted by Gasteiger charge is 2.10. The van der Waals surface area contributed by atoms with Gasteiger partial charge in [-0.15, -0.1) is 0 Å². The monoisotopic (exact) mass is 320 g/mol. The largest absolute Gasteiger partial charge is 0.399 e. The van der Waals surface area contributed by atoms with Gasteiger partial charge in [0.05, 0.1) is 12.2 Å². The number of hydroxylamine groups is 1. The van der Waals surface area contributed by atoms with Crippen molar-refractivity contribution in [2.45, 2.75) is 6.61 Å². The average molecular weight is 321 g/mol. The molecular weight excluding hydrogens is 308 g/mol. The van der Waals surface area contributed by atoms with Crippen molar-refractivity contribution in [3.05, 3.63) is 64.1 Å². The van der Waals surface area contributed by atoms with Gasteiger partial charge in [0.2, 0.25) is 0 Å². The van der Waals surface area contributed by atoms with Gasteiger partial charge in [0.25, 0.3) is 5.91 Å². The Morgan fingerprint density at radius 2 is 1.95 bits per heavy atom. The fourth-order valence-corrected chi connectivity index (χ4v) is 1.96. The van der Waals surface area contributed by atoms with E-state index in [1.807, 2.05) is 30.3 Å². The van der Waals surface area contributed by atoms with E-state index in [4.69, 9.17) is 10.6 Å². The summed E-state index contributed by atoms with van der Waals surface area (Å²) in [6, 6.07) is 14.6. The summed E-state index contributed by atoms with van der Waals surface area (Å²) >= 11 is 3.30. The Morgan fingerprint density at radius 3 is 2.68 bits per heavy atom. The molecule has 0 atom stereocenters. The van der Waals surface area contributed by atoms with Gasteiger partial charge in [-0.05, 0) is 39.7 Å². The summed E-state index contributed by atoms with van der Waals surface area (Å²) in [4.78, 5) is 17.1. The number of carbonyl (C=O) groups excluding carboxylic acids is 1. The van der Waals surface area contributed by atoms with Crippen molar-refractivity contribution in [1.29, 1.82) is 0 Å². The Labute approximate surface area is 119 Å². The van der Waals surface area contributed by atoms with Gasteiger partial charge in [-0.3, -0.25) is 9.63 Å². The van der Waals surface area contributed by atoms with Crippen LogP contribution in [0.25, 0.3) is 0 Å². The number of halogens is 1. The van der Waals surface area contributed by atoms with Crippen molar-refractivity contribution in [1.82, 2.24) is 5.48 Å². The molecule has 0 aromatic heterocycles. The van der Waals surface area contributed by atoms with Crippen LogP contribution in [0, 0.1) is 0 Å². The van der Waals surface area contributed by atoms with E-state index >= 15 is 0 Å². The molecule has 2 aromatic rings. The number of hydrogen-bond donors (Lipinski definition) is 2. The first-order valence-electron chi connectivity index (χ1n) is 5.68. The number of hydrogen-bond acceptors (Lipinski definition) is 3. The van der Waals surface area contributed by atoms with Gasteiger partial charge in [-0.2, -0.15) is 0 Å². The second-order valence-electron chi connectivity index (χ2n) is 3.94. The van der Waals surface area contributed by atoms with E-state index in [0.29, 0.717) is 22.3 Å². The minimum absolute atomic E-state index is 0.312. The Bertz CT molecular complexity index is 573. The van der Waals surface area contributed by atoms with E-state index in [2.05, 4.69) is 21.4 Å². The summed E-state index contributed by atoms with van der Waals surface area (Å²) in [5.74, 6) is -0.338. The van der Waals surface area contributed by atoms with Crippen LogP contribution in [-0.2, 0) is 11.4 Å². The van der Waals surface area contributed by atoms with Gasteiger partial charge >= 0.3 is 0 Å². The summed E-state index contributed by atoms with van der Waals surface area (Å²) in [7, 11) is 0. The zero-order valence-electron chi connectivity index (χ0n) is 10.1. The van der Waals surface area contributed by atoms with Crippen LogP contribution >= 0.6 is 15.9 Å². The molecule has 0 saturated carbocycles. The zero-order chi connectivity index (χ0) is 13.7. The Balaban J connectivity index is 1.93. The van der Waals surface area contributed by atoms with Crippen LogP contribution in [0.2, 0.25) is 0 Å². The van der Waals surface area contributed by atoms with Gasteiger partial charge in [0.15, 0.2) is 0 Å². The molecule has 0 radical (unpaired) electrons. The molecule has 4 nitrogen and oxygen atoms in total. The zero-order valence-corrected chi connectivity index (χ0v) is 11.7. The number of nitrogens with two attached hydrogens (primary N) is 1. The topological polar surface area (TPSA) is 64.4 Å². The molecule has 1 amide bonds. The van der Waals surface area contributed by atoms with Crippen molar-refractivity contribution in [3.8, 4) is 0 Å². The van der Waals surface area contributed by atoms with Crippen LogP contribution < -0.4 is 11.2 Å². The fraction of sp³-hybridized carbons (Fsp3) is 0.0714. The van der Waals surface area contributed by atoms with Crippen LogP contribution in [0.4, 0.5) is 5.69 Å². The number of anilines is 1. The number of carbonyl (C=O) groups is 1. The van der Waals surface area contributed by atoms with E-state index in [1.165, 1.54) is 0 Å². The van der Waals surface area contributed by atoms with Crippen LogP contribution in [0.5, 0.6) is 0 Å². The third kappa shape index (κ3) is 3.81. The van der Waals surface area contributed by atoms with Crippen LogP contribution in [0.1, 0.15) is 15.9 Å². The summed E-state index contributed by atoms with van der Waals surface area (Å²) in [5, 5.41) is 0. The van der Waals surface area contributed by atoms with Gasteiger partial charge in [-0.1, -0.05) is 30.3 Å². The van der Waals surface area contributed by atoms with Crippen LogP contribution in [0.3, 0.4) is 0 Å². The number of nitrogens with one attached hydrogen (secondary N) is 1. The maximum Gasteiger partial charge on any atom is 0.276 e. The van der Waals surface area contributed by atoms with Gasteiger partial charge in [0.1, 0.15) is 0 Å². The Hall–Kier alpha value is -1.85. The van der Waals surface area contributed by atoms with E-state index in [9.17, 15) is 4.79 Å². The standard InChI is InChI=1S/C14H13BrN2O2/c15-13-7-6-11(16)8-12(13)14(18)17-19-9-10-4-2-1-3-5-10/h1-8H,9,16H2,(H,17,18). The molecule has 0 unspecified atom stereocenters. The molecule has 0 saturated heterocycles. The Kier molecular flexibility index (Phi) is 4.54. The predicted molar refractivity (Wildman–Crippen MR) is 77.3 cm³/mol. The third-order valence-electron chi connectivity index (χ3n) is 2.48. The molecule has 2 rings (SSSR count). The first-order valence-corrected chi connectivity index (χ1v) is 6.47. The van der Waals surface area contributed by atoms with E-state index in [-0.39, 0.29) is 5.91 Å². The maximum atomic E-state index is 11.9. The fourth-order valence-electron chi connectivity index (χ4n) is 1.53. The van der Waals surface area contributed by atoms with Gasteiger partial charge < -0.3 is 5.73 Å². The quantitative estimate of drug-likeness (QED) is 0.672. The lowest BCUT2D eigenvalue weighted by Crippen LogP contribution is -2.24. The molecule has 0 fully saturated rings. The smallest absolute Gasteiger partial charge is 0.276 e. The molecule has 0 aliphatic rings. The minimum atomic E-state index is -0.338. The molecule has 0 aliphatic carbocycles. The lowest BCUT2D eigenvalue weighted by atomic mass is 10.2. The highest BCUT2D eigenvalue weighted by atomic mass is 79.9. The molecule has 5 heteroatoms. The summed E-state index contributed by atoms with van der Waals surface area (Å²) < 4.78 is 0.669. The molecule has 0 heterocycles.